The Morgan fingerprint density at radius 2 is 2.00 bits per heavy atom. The molecular formula is C12H18O2Si. The van der Waals surface area contributed by atoms with Gasteiger partial charge in [-0.25, -0.2) is 0 Å². The molecule has 82 valence electrons. The fraction of sp³-hybridized carbons (Fsp3) is 0.500. The number of methoxy groups -OCH3 is 1. The molecule has 15 heavy (non-hydrogen) atoms. The molecule has 1 fully saturated rings. The van der Waals surface area contributed by atoms with Crippen LogP contribution >= 0.6 is 0 Å². The Labute approximate surface area is 94.0 Å². The lowest BCUT2D eigenvalue weighted by Gasteiger charge is -2.34. The first-order valence-electron chi connectivity index (χ1n) is 5.53. The molecule has 2 nitrogen and oxygen atoms in total. The number of hydrogen-bond donors (Lipinski definition) is 0. The van der Waals surface area contributed by atoms with Crippen LogP contribution < -0.4 is 4.74 Å². The van der Waals surface area contributed by atoms with Gasteiger partial charge in [0.25, 0.3) is 0 Å². The molecule has 0 N–H and O–H groups in total. The van der Waals surface area contributed by atoms with E-state index in [0.717, 1.165) is 22.6 Å². The number of rotatable bonds is 2. The molecule has 0 amide bonds. The molecule has 1 aromatic rings. The summed E-state index contributed by atoms with van der Waals surface area (Å²) in [6.07, 6.45) is 3.67. The quantitative estimate of drug-likeness (QED) is 0.705. The van der Waals surface area contributed by atoms with E-state index >= 15 is 0 Å². The van der Waals surface area contributed by atoms with Crippen LogP contribution in [0.2, 0.25) is 0 Å². The van der Waals surface area contributed by atoms with E-state index in [0.29, 0.717) is 0 Å². The van der Waals surface area contributed by atoms with Crippen molar-refractivity contribution in [3.63, 3.8) is 0 Å². The summed E-state index contributed by atoms with van der Waals surface area (Å²) >= 11 is 0. The largest absolute Gasteiger partial charge is 0.497 e. The van der Waals surface area contributed by atoms with E-state index < -0.39 is 0 Å². The van der Waals surface area contributed by atoms with Crippen molar-refractivity contribution in [3.8, 4) is 5.75 Å². The van der Waals surface area contributed by atoms with Crippen molar-refractivity contribution in [1.29, 1.82) is 0 Å². The van der Waals surface area contributed by atoms with E-state index in [1.165, 1.54) is 24.8 Å². The molecule has 1 unspecified atom stereocenters. The minimum Gasteiger partial charge on any atom is -0.497 e. The molecular weight excluding hydrogens is 204 g/mol. The maximum atomic E-state index is 5.95. The van der Waals surface area contributed by atoms with E-state index in [4.69, 9.17) is 9.47 Å². The average Bonchev–Trinajstić information content (AvgIpc) is 2.30. The smallest absolute Gasteiger partial charge is 0.118 e. The van der Waals surface area contributed by atoms with Crippen molar-refractivity contribution in [2.75, 3.05) is 13.7 Å². The monoisotopic (exact) mass is 222 g/mol. The van der Waals surface area contributed by atoms with Gasteiger partial charge in [0, 0.05) is 16.8 Å². The van der Waals surface area contributed by atoms with Crippen molar-refractivity contribution >= 4 is 10.2 Å². The zero-order valence-corrected chi connectivity index (χ0v) is 11.5. The minimum absolute atomic E-state index is 0.0462. The Bertz CT molecular complexity index is 315. The SMILES string of the molecule is COc1ccc(C2([SiH3])CCCCO2)cc1. The zero-order chi connectivity index (χ0) is 10.7. The summed E-state index contributed by atoms with van der Waals surface area (Å²) in [7, 11) is 2.75. The van der Waals surface area contributed by atoms with Gasteiger partial charge in [-0.15, -0.1) is 0 Å². The maximum absolute atomic E-state index is 5.95. The van der Waals surface area contributed by atoms with Crippen LogP contribution in [-0.4, -0.2) is 24.0 Å². The van der Waals surface area contributed by atoms with Crippen LogP contribution in [0, 0.1) is 0 Å². The first-order valence-corrected chi connectivity index (χ1v) is 6.53. The summed E-state index contributed by atoms with van der Waals surface area (Å²) in [5, 5.41) is 0.0462. The summed E-state index contributed by atoms with van der Waals surface area (Å²) in [5.74, 6) is 0.917. The van der Waals surface area contributed by atoms with E-state index in [-0.39, 0.29) is 5.22 Å². The molecule has 0 bridgehead atoms. The third-order valence-electron chi connectivity index (χ3n) is 3.17. The highest BCUT2D eigenvalue weighted by molar-refractivity contribution is 6.14. The summed E-state index contributed by atoms with van der Waals surface area (Å²) in [6.45, 7) is 0.912. The fourth-order valence-electron chi connectivity index (χ4n) is 2.11. The number of hydrogen-bond acceptors (Lipinski definition) is 2. The summed E-state index contributed by atoms with van der Waals surface area (Å²) < 4.78 is 11.1. The predicted molar refractivity (Wildman–Crippen MR) is 64.4 cm³/mol. The molecule has 1 atom stereocenters. The van der Waals surface area contributed by atoms with Crippen molar-refractivity contribution in [2.45, 2.75) is 24.5 Å². The standard InChI is InChI=1S/C12H18O2Si/c1-13-11-6-4-10(5-7-11)12(15)8-2-3-9-14-12/h4-7H,2-3,8-9H2,1,15H3. The van der Waals surface area contributed by atoms with Gasteiger partial charge in [0.1, 0.15) is 5.75 Å². The first-order chi connectivity index (χ1) is 7.24. The number of benzene rings is 1. The molecule has 1 aliphatic heterocycles. The van der Waals surface area contributed by atoms with Gasteiger partial charge in [-0.05, 0) is 37.0 Å². The van der Waals surface area contributed by atoms with E-state index in [2.05, 4.69) is 12.1 Å². The van der Waals surface area contributed by atoms with Gasteiger partial charge in [0.15, 0.2) is 0 Å². The lowest BCUT2D eigenvalue weighted by Crippen LogP contribution is -2.33. The number of ether oxygens (including phenoxy) is 2. The third kappa shape index (κ3) is 2.24. The molecule has 1 aromatic carbocycles. The molecule has 0 aromatic heterocycles. The van der Waals surface area contributed by atoms with Crippen LogP contribution in [-0.2, 0) is 9.96 Å². The van der Waals surface area contributed by atoms with Crippen molar-refractivity contribution < 1.29 is 9.47 Å². The van der Waals surface area contributed by atoms with Crippen LogP contribution in [0.1, 0.15) is 24.8 Å². The molecule has 1 aliphatic rings. The van der Waals surface area contributed by atoms with Gasteiger partial charge in [-0.2, -0.15) is 0 Å². The molecule has 2 rings (SSSR count). The lowest BCUT2D eigenvalue weighted by molar-refractivity contribution is -0.0210. The van der Waals surface area contributed by atoms with E-state index in [9.17, 15) is 0 Å². The van der Waals surface area contributed by atoms with Gasteiger partial charge >= 0.3 is 0 Å². The van der Waals surface area contributed by atoms with Crippen LogP contribution in [0.15, 0.2) is 24.3 Å². The maximum Gasteiger partial charge on any atom is 0.118 e. The molecule has 1 heterocycles. The summed E-state index contributed by atoms with van der Waals surface area (Å²) in [6, 6.07) is 8.31. The Morgan fingerprint density at radius 1 is 1.27 bits per heavy atom. The Balaban J connectivity index is 2.20. The van der Waals surface area contributed by atoms with Gasteiger partial charge < -0.3 is 9.47 Å². The molecule has 0 radical (unpaired) electrons. The van der Waals surface area contributed by atoms with E-state index in [1.807, 2.05) is 12.1 Å². The second-order valence-electron chi connectivity index (χ2n) is 4.26. The average molecular weight is 222 g/mol. The van der Waals surface area contributed by atoms with Crippen LogP contribution in [0.3, 0.4) is 0 Å². The highest BCUT2D eigenvalue weighted by atomic mass is 28.1. The van der Waals surface area contributed by atoms with E-state index in [1.54, 1.807) is 7.11 Å². The highest BCUT2D eigenvalue weighted by Gasteiger charge is 2.29. The molecule has 0 aliphatic carbocycles. The zero-order valence-electron chi connectivity index (χ0n) is 9.45. The molecule has 3 heteroatoms. The Morgan fingerprint density at radius 3 is 2.53 bits per heavy atom. The Kier molecular flexibility index (Phi) is 3.12. The van der Waals surface area contributed by atoms with Crippen LogP contribution in [0.25, 0.3) is 0 Å². The second kappa shape index (κ2) is 4.37. The first kappa shape index (κ1) is 10.7. The van der Waals surface area contributed by atoms with Crippen molar-refractivity contribution in [2.24, 2.45) is 0 Å². The van der Waals surface area contributed by atoms with Crippen molar-refractivity contribution in [3.05, 3.63) is 29.8 Å². The van der Waals surface area contributed by atoms with Gasteiger partial charge in [0.05, 0.1) is 12.3 Å². The Hall–Kier alpha value is -0.803. The summed E-state index contributed by atoms with van der Waals surface area (Å²) in [4.78, 5) is 0. The van der Waals surface area contributed by atoms with Gasteiger partial charge in [0.2, 0.25) is 0 Å². The third-order valence-corrected chi connectivity index (χ3v) is 4.54. The molecule has 0 saturated carbocycles. The van der Waals surface area contributed by atoms with Gasteiger partial charge in [-0.1, -0.05) is 12.1 Å². The topological polar surface area (TPSA) is 18.5 Å². The fourth-order valence-corrected chi connectivity index (χ4v) is 3.00. The second-order valence-corrected chi connectivity index (χ2v) is 5.88. The molecule has 0 spiro atoms. The predicted octanol–water partition coefficient (Wildman–Crippen LogP) is 1.41. The lowest BCUT2D eigenvalue weighted by atomic mass is 10.0. The molecule has 1 saturated heterocycles. The highest BCUT2D eigenvalue weighted by Crippen LogP contribution is 2.32. The van der Waals surface area contributed by atoms with Crippen LogP contribution in [0.4, 0.5) is 0 Å². The van der Waals surface area contributed by atoms with Crippen molar-refractivity contribution in [1.82, 2.24) is 0 Å². The van der Waals surface area contributed by atoms with Gasteiger partial charge in [-0.3, -0.25) is 0 Å². The normalized spacial score (nSPS) is 26.5. The van der Waals surface area contributed by atoms with Crippen LogP contribution in [0.5, 0.6) is 5.75 Å². The summed E-state index contributed by atoms with van der Waals surface area (Å²) in [5.41, 5.74) is 1.31. The minimum atomic E-state index is 0.0462.